The Bertz CT molecular complexity index is 180. The largest absolute Gasteiger partial charge is 0.442 e. The zero-order valence-electron chi connectivity index (χ0n) is 6.95. The summed E-state index contributed by atoms with van der Waals surface area (Å²) in [5, 5.41) is 3.20. The molecule has 0 aromatic carbocycles. The maximum atomic E-state index is 10.4. The Hall–Kier alpha value is -1.03. The second kappa shape index (κ2) is 4.77. The number of hydrogen-bond acceptors (Lipinski definition) is 3. The van der Waals surface area contributed by atoms with Crippen LogP contribution in [0.2, 0.25) is 0 Å². The smallest absolute Gasteiger partial charge is 0.405 e. The molecule has 1 atom stereocenters. The zero-order valence-corrected chi connectivity index (χ0v) is 6.95. The molecule has 0 fully saturated rings. The van der Waals surface area contributed by atoms with Crippen LogP contribution in [0.5, 0.6) is 0 Å². The van der Waals surface area contributed by atoms with E-state index in [4.69, 9.17) is 10.5 Å². The minimum absolute atomic E-state index is 0.135. The van der Waals surface area contributed by atoms with E-state index >= 15 is 0 Å². The summed E-state index contributed by atoms with van der Waals surface area (Å²) >= 11 is 0. The molecule has 0 aromatic heterocycles. The van der Waals surface area contributed by atoms with Crippen LogP contribution in [0.25, 0.3) is 0 Å². The van der Waals surface area contributed by atoms with Gasteiger partial charge in [0.05, 0.1) is 0 Å². The number of nitrogens with one attached hydrogen (secondary N) is 1. The Morgan fingerprint density at radius 2 is 2.50 bits per heavy atom. The van der Waals surface area contributed by atoms with E-state index in [1.165, 1.54) is 0 Å². The predicted octanol–water partition coefficient (Wildman–Crippen LogP) is 0.390. The highest BCUT2D eigenvalue weighted by Gasteiger charge is 2.09. The van der Waals surface area contributed by atoms with Crippen molar-refractivity contribution in [3.05, 3.63) is 12.2 Å². The van der Waals surface area contributed by atoms with Crippen molar-refractivity contribution in [3.63, 3.8) is 0 Å². The van der Waals surface area contributed by atoms with E-state index in [0.29, 0.717) is 0 Å². The van der Waals surface area contributed by atoms with Crippen molar-refractivity contribution in [2.75, 3.05) is 13.1 Å². The molecular weight excluding hydrogens is 156 g/mol. The molecule has 0 spiro atoms. The summed E-state index contributed by atoms with van der Waals surface area (Å²) < 4.78 is 4.85. The summed E-state index contributed by atoms with van der Waals surface area (Å²) in [6, 6.07) is 0. The van der Waals surface area contributed by atoms with E-state index in [1.54, 1.807) is 0 Å². The number of carbonyl (C=O) groups is 1. The van der Waals surface area contributed by atoms with Crippen molar-refractivity contribution in [3.8, 4) is 0 Å². The first-order valence-corrected chi connectivity index (χ1v) is 4.12. The number of carbonyl (C=O) groups excluding carboxylic acids is 1. The molecule has 0 saturated heterocycles. The standard InChI is InChI=1S/C8H14N2O2/c9-8(11)12-7-3-1-5-10-6-2-4-7/h1,3,7,10H,2,4-6H2,(H2,9,11). The van der Waals surface area contributed by atoms with Gasteiger partial charge in [-0.25, -0.2) is 4.79 Å². The fraction of sp³-hybridized carbons (Fsp3) is 0.625. The molecule has 1 aliphatic rings. The molecular formula is C8H14N2O2. The normalized spacial score (nSPS) is 24.2. The molecule has 0 saturated carbocycles. The molecule has 4 nitrogen and oxygen atoms in total. The topological polar surface area (TPSA) is 64.4 Å². The maximum Gasteiger partial charge on any atom is 0.405 e. The van der Waals surface area contributed by atoms with Gasteiger partial charge in [-0.1, -0.05) is 6.08 Å². The molecule has 1 heterocycles. The number of ether oxygens (including phenoxy) is 1. The van der Waals surface area contributed by atoms with Gasteiger partial charge in [0.15, 0.2) is 0 Å². The third kappa shape index (κ3) is 3.39. The Morgan fingerprint density at radius 3 is 3.25 bits per heavy atom. The van der Waals surface area contributed by atoms with Crippen molar-refractivity contribution in [2.24, 2.45) is 5.73 Å². The number of amides is 1. The number of primary amides is 1. The van der Waals surface area contributed by atoms with Gasteiger partial charge >= 0.3 is 6.09 Å². The molecule has 0 radical (unpaired) electrons. The minimum atomic E-state index is -0.696. The molecule has 0 aliphatic carbocycles. The monoisotopic (exact) mass is 170 g/mol. The van der Waals surface area contributed by atoms with Gasteiger partial charge in [-0.2, -0.15) is 0 Å². The van der Waals surface area contributed by atoms with Crippen molar-refractivity contribution in [1.82, 2.24) is 5.32 Å². The van der Waals surface area contributed by atoms with E-state index in [1.807, 2.05) is 12.2 Å². The first kappa shape index (κ1) is 9.06. The van der Waals surface area contributed by atoms with Crippen LogP contribution in [0.3, 0.4) is 0 Å². The van der Waals surface area contributed by atoms with E-state index < -0.39 is 6.09 Å². The van der Waals surface area contributed by atoms with E-state index in [9.17, 15) is 4.79 Å². The van der Waals surface area contributed by atoms with Gasteiger partial charge in [0.1, 0.15) is 6.10 Å². The fourth-order valence-corrected chi connectivity index (χ4v) is 1.18. The maximum absolute atomic E-state index is 10.4. The lowest BCUT2D eigenvalue weighted by Crippen LogP contribution is -2.25. The van der Waals surface area contributed by atoms with Gasteiger partial charge in [0, 0.05) is 6.54 Å². The van der Waals surface area contributed by atoms with Gasteiger partial charge in [-0.3, -0.25) is 0 Å². The van der Waals surface area contributed by atoms with Crippen LogP contribution in [-0.2, 0) is 4.74 Å². The summed E-state index contributed by atoms with van der Waals surface area (Å²) in [5.74, 6) is 0. The van der Waals surface area contributed by atoms with Crippen LogP contribution in [0.4, 0.5) is 4.79 Å². The molecule has 1 amide bonds. The van der Waals surface area contributed by atoms with Crippen LogP contribution in [0.1, 0.15) is 12.8 Å². The predicted molar refractivity (Wildman–Crippen MR) is 45.7 cm³/mol. The zero-order chi connectivity index (χ0) is 8.81. The van der Waals surface area contributed by atoms with Crippen molar-refractivity contribution < 1.29 is 9.53 Å². The lowest BCUT2D eigenvalue weighted by Gasteiger charge is -2.14. The van der Waals surface area contributed by atoms with Crippen molar-refractivity contribution in [1.29, 1.82) is 0 Å². The summed E-state index contributed by atoms with van der Waals surface area (Å²) in [7, 11) is 0. The van der Waals surface area contributed by atoms with E-state index in [0.717, 1.165) is 25.9 Å². The molecule has 0 bridgehead atoms. The average molecular weight is 170 g/mol. The number of rotatable bonds is 1. The van der Waals surface area contributed by atoms with E-state index in [-0.39, 0.29) is 6.10 Å². The van der Waals surface area contributed by atoms with Crippen LogP contribution >= 0.6 is 0 Å². The number of hydrogen-bond donors (Lipinski definition) is 2. The third-order valence-electron chi connectivity index (χ3n) is 1.72. The van der Waals surface area contributed by atoms with Gasteiger partial charge in [0.25, 0.3) is 0 Å². The van der Waals surface area contributed by atoms with Crippen molar-refractivity contribution in [2.45, 2.75) is 18.9 Å². The van der Waals surface area contributed by atoms with Gasteiger partial charge < -0.3 is 15.8 Å². The van der Waals surface area contributed by atoms with E-state index in [2.05, 4.69) is 5.32 Å². The molecule has 0 aromatic rings. The molecule has 12 heavy (non-hydrogen) atoms. The summed E-state index contributed by atoms with van der Waals surface area (Å²) in [6.45, 7) is 1.79. The highest BCUT2D eigenvalue weighted by molar-refractivity contribution is 5.65. The van der Waals surface area contributed by atoms with Gasteiger partial charge in [0.2, 0.25) is 0 Å². The molecule has 1 unspecified atom stereocenters. The lowest BCUT2D eigenvalue weighted by atomic mass is 10.1. The number of nitrogens with two attached hydrogens (primary N) is 1. The summed E-state index contributed by atoms with van der Waals surface area (Å²) in [5.41, 5.74) is 4.90. The van der Waals surface area contributed by atoms with Crippen LogP contribution in [0, 0.1) is 0 Å². The molecule has 1 aliphatic heterocycles. The van der Waals surface area contributed by atoms with Crippen LogP contribution in [0.15, 0.2) is 12.2 Å². The second-order valence-electron chi connectivity index (χ2n) is 2.75. The highest BCUT2D eigenvalue weighted by atomic mass is 16.6. The minimum Gasteiger partial charge on any atom is -0.442 e. The fourth-order valence-electron chi connectivity index (χ4n) is 1.18. The molecule has 3 N–H and O–H groups in total. The quantitative estimate of drug-likeness (QED) is 0.559. The third-order valence-corrected chi connectivity index (χ3v) is 1.72. The Kier molecular flexibility index (Phi) is 3.60. The van der Waals surface area contributed by atoms with Gasteiger partial charge in [-0.15, -0.1) is 0 Å². The Balaban J connectivity index is 2.38. The highest BCUT2D eigenvalue weighted by Crippen LogP contribution is 2.05. The summed E-state index contributed by atoms with van der Waals surface area (Å²) in [6.07, 6.45) is 4.83. The Morgan fingerprint density at radius 1 is 1.67 bits per heavy atom. The van der Waals surface area contributed by atoms with Crippen LogP contribution < -0.4 is 11.1 Å². The lowest BCUT2D eigenvalue weighted by molar-refractivity contribution is 0.123. The first-order chi connectivity index (χ1) is 5.79. The second-order valence-corrected chi connectivity index (χ2v) is 2.75. The molecule has 68 valence electrons. The summed E-state index contributed by atoms with van der Waals surface area (Å²) in [4.78, 5) is 10.4. The Labute approximate surface area is 71.8 Å². The van der Waals surface area contributed by atoms with Crippen LogP contribution in [-0.4, -0.2) is 25.3 Å². The SMILES string of the molecule is NC(=O)OC1C=CCNCCC1. The molecule has 4 heteroatoms. The van der Waals surface area contributed by atoms with Gasteiger partial charge in [-0.05, 0) is 25.5 Å². The van der Waals surface area contributed by atoms with Crippen molar-refractivity contribution >= 4 is 6.09 Å². The average Bonchev–Trinajstić information content (AvgIpc) is 1.93. The molecule has 1 rings (SSSR count). The first-order valence-electron chi connectivity index (χ1n) is 4.12.